The third-order valence-corrected chi connectivity index (χ3v) is 1.71. The molecule has 0 aliphatic heterocycles. The predicted octanol–water partition coefficient (Wildman–Crippen LogP) is 1.73. The Morgan fingerprint density at radius 3 is 2.69 bits per heavy atom. The van der Waals surface area contributed by atoms with Crippen LogP contribution < -0.4 is 0 Å². The molecule has 1 rings (SSSR count). The van der Waals surface area contributed by atoms with Gasteiger partial charge in [0.15, 0.2) is 0 Å². The van der Waals surface area contributed by atoms with Crippen LogP contribution in [-0.2, 0) is 0 Å². The molecule has 5 nitrogen and oxygen atoms in total. The van der Waals surface area contributed by atoms with Crippen molar-refractivity contribution in [1.82, 2.24) is 0 Å². The van der Waals surface area contributed by atoms with E-state index in [1.165, 1.54) is 12.1 Å². The Labute approximate surface area is 91.7 Å². The first-order valence-corrected chi connectivity index (χ1v) is 4.23. The average molecular weight is 211 g/mol. The Hall–Kier alpha value is -2.84. The van der Waals surface area contributed by atoms with Crippen LogP contribution in [0.15, 0.2) is 18.2 Å². The summed E-state index contributed by atoms with van der Waals surface area (Å²) in [6.45, 7) is 0. The Bertz CT molecular complexity index is 568. The highest BCUT2D eigenvalue weighted by atomic mass is 16.6. The summed E-state index contributed by atoms with van der Waals surface area (Å²) in [7, 11) is 0. The van der Waals surface area contributed by atoms with E-state index in [1.807, 2.05) is 12.1 Å². The van der Waals surface area contributed by atoms with Gasteiger partial charge in [-0.15, -0.1) is 0 Å². The second-order valence-corrected chi connectivity index (χ2v) is 2.74. The molecule has 0 N–H and O–H groups in total. The van der Waals surface area contributed by atoms with E-state index in [0.29, 0.717) is 0 Å². The summed E-state index contributed by atoms with van der Waals surface area (Å²) in [5, 5.41) is 27.6. The molecular weight excluding hydrogens is 206 g/mol. The lowest BCUT2D eigenvalue weighted by Gasteiger charge is -1.95. The molecule has 1 aromatic carbocycles. The van der Waals surface area contributed by atoms with Crippen molar-refractivity contribution < 1.29 is 4.92 Å². The van der Waals surface area contributed by atoms with Gasteiger partial charge >= 0.3 is 0 Å². The molecular formula is C11H5N3O2. The number of rotatable bonds is 1. The number of hydrogen-bond donors (Lipinski definition) is 0. The molecule has 0 aromatic heterocycles. The summed E-state index contributed by atoms with van der Waals surface area (Å²) in [4.78, 5) is 10.1. The standard InChI is InChI=1S/C11H5N3O2/c12-6-2-1-3-10-5-4-9(8-13)7-11(10)14(15)16/h4-5,7H,2H2. The molecule has 0 saturated heterocycles. The van der Waals surface area contributed by atoms with Crippen molar-refractivity contribution in [3.05, 3.63) is 39.4 Å². The Morgan fingerprint density at radius 2 is 2.12 bits per heavy atom. The fourth-order valence-electron chi connectivity index (χ4n) is 1.04. The molecule has 0 unspecified atom stereocenters. The zero-order chi connectivity index (χ0) is 12.0. The first-order valence-electron chi connectivity index (χ1n) is 4.23. The average Bonchev–Trinajstić information content (AvgIpc) is 2.29. The fraction of sp³-hybridized carbons (Fsp3) is 0.0909. The maximum absolute atomic E-state index is 10.7. The lowest BCUT2D eigenvalue weighted by atomic mass is 10.1. The second kappa shape index (κ2) is 5.14. The van der Waals surface area contributed by atoms with Crippen LogP contribution in [0.3, 0.4) is 0 Å². The lowest BCUT2D eigenvalue weighted by Crippen LogP contribution is -1.93. The summed E-state index contributed by atoms with van der Waals surface area (Å²) in [5.74, 6) is 5.01. The molecule has 0 aliphatic carbocycles. The third kappa shape index (κ3) is 2.57. The summed E-state index contributed by atoms with van der Waals surface area (Å²) < 4.78 is 0. The van der Waals surface area contributed by atoms with Crippen molar-refractivity contribution in [1.29, 1.82) is 10.5 Å². The SMILES string of the molecule is N#CCC#Cc1ccc(C#N)cc1[N+](=O)[O-]. The van der Waals surface area contributed by atoms with Crippen LogP contribution in [0.25, 0.3) is 0 Å². The summed E-state index contributed by atoms with van der Waals surface area (Å²) in [5.41, 5.74) is 0.196. The molecule has 0 spiro atoms. The molecule has 0 aliphatic rings. The van der Waals surface area contributed by atoms with Crippen LogP contribution in [0.5, 0.6) is 0 Å². The van der Waals surface area contributed by atoms with E-state index in [4.69, 9.17) is 10.5 Å². The van der Waals surface area contributed by atoms with Gasteiger partial charge in [0, 0.05) is 6.07 Å². The van der Waals surface area contributed by atoms with Gasteiger partial charge in [-0.1, -0.05) is 11.8 Å². The van der Waals surface area contributed by atoms with Crippen molar-refractivity contribution in [2.75, 3.05) is 0 Å². The van der Waals surface area contributed by atoms with Gasteiger partial charge in [-0.05, 0) is 12.1 Å². The van der Waals surface area contributed by atoms with Crippen LogP contribution in [0, 0.1) is 44.6 Å². The van der Waals surface area contributed by atoms with Gasteiger partial charge in [-0.25, -0.2) is 0 Å². The van der Waals surface area contributed by atoms with E-state index < -0.39 is 4.92 Å². The number of nitro benzene ring substituents is 1. The molecule has 76 valence electrons. The number of nitriles is 2. The first-order chi connectivity index (χ1) is 7.69. The molecule has 5 heteroatoms. The summed E-state index contributed by atoms with van der Waals surface area (Å²) in [6.07, 6.45) is 0.0111. The molecule has 0 saturated carbocycles. The van der Waals surface area contributed by atoms with Crippen LogP contribution in [0.2, 0.25) is 0 Å². The van der Waals surface area contributed by atoms with E-state index in [0.717, 1.165) is 6.07 Å². The molecule has 16 heavy (non-hydrogen) atoms. The first kappa shape index (κ1) is 11.2. The quantitative estimate of drug-likeness (QED) is 0.401. The van der Waals surface area contributed by atoms with Gasteiger partial charge in [0.05, 0.1) is 29.0 Å². The molecule has 0 fully saturated rings. The zero-order valence-corrected chi connectivity index (χ0v) is 8.10. The predicted molar refractivity (Wildman–Crippen MR) is 54.9 cm³/mol. The highest BCUT2D eigenvalue weighted by Gasteiger charge is 2.12. The second-order valence-electron chi connectivity index (χ2n) is 2.74. The molecule has 0 atom stereocenters. The van der Waals surface area contributed by atoms with Crippen molar-refractivity contribution in [3.63, 3.8) is 0 Å². The zero-order valence-electron chi connectivity index (χ0n) is 8.10. The van der Waals surface area contributed by atoms with E-state index in [2.05, 4.69) is 11.8 Å². The van der Waals surface area contributed by atoms with E-state index in [-0.39, 0.29) is 23.2 Å². The third-order valence-electron chi connectivity index (χ3n) is 1.71. The number of benzene rings is 1. The van der Waals surface area contributed by atoms with Gasteiger partial charge < -0.3 is 0 Å². The minimum Gasteiger partial charge on any atom is -0.258 e. The van der Waals surface area contributed by atoms with E-state index >= 15 is 0 Å². The van der Waals surface area contributed by atoms with Crippen molar-refractivity contribution in [3.8, 4) is 24.0 Å². The minimum atomic E-state index is -0.600. The molecule has 0 heterocycles. The Kier molecular flexibility index (Phi) is 3.61. The van der Waals surface area contributed by atoms with E-state index in [1.54, 1.807) is 0 Å². The maximum Gasteiger partial charge on any atom is 0.286 e. The van der Waals surface area contributed by atoms with Gasteiger partial charge in [-0.2, -0.15) is 10.5 Å². The largest absolute Gasteiger partial charge is 0.286 e. The van der Waals surface area contributed by atoms with Crippen LogP contribution >= 0.6 is 0 Å². The minimum absolute atomic E-state index is 0.0111. The van der Waals surface area contributed by atoms with Crippen LogP contribution in [0.1, 0.15) is 17.5 Å². The highest BCUT2D eigenvalue weighted by molar-refractivity contribution is 5.54. The molecule has 1 aromatic rings. The number of hydrogen-bond acceptors (Lipinski definition) is 4. The Morgan fingerprint density at radius 1 is 1.38 bits per heavy atom. The van der Waals surface area contributed by atoms with Crippen molar-refractivity contribution in [2.24, 2.45) is 0 Å². The van der Waals surface area contributed by atoms with Crippen LogP contribution in [0.4, 0.5) is 5.69 Å². The topological polar surface area (TPSA) is 90.7 Å². The van der Waals surface area contributed by atoms with Gasteiger partial charge in [0.2, 0.25) is 0 Å². The number of nitrogens with zero attached hydrogens (tertiary/aromatic N) is 3. The van der Waals surface area contributed by atoms with Crippen LogP contribution in [-0.4, -0.2) is 4.92 Å². The summed E-state index contributed by atoms with van der Waals surface area (Å²) in [6, 6.07) is 7.64. The highest BCUT2D eigenvalue weighted by Crippen LogP contribution is 2.18. The monoisotopic (exact) mass is 211 g/mol. The molecule has 0 radical (unpaired) electrons. The smallest absolute Gasteiger partial charge is 0.258 e. The fourth-order valence-corrected chi connectivity index (χ4v) is 1.04. The lowest BCUT2D eigenvalue weighted by molar-refractivity contribution is -0.385. The molecule has 0 bridgehead atoms. The maximum atomic E-state index is 10.7. The molecule has 0 amide bonds. The Balaban J connectivity index is 3.22. The van der Waals surface area contributed by atoms with Gasteiger partial charge in [-0.3, -0.25) is 10.1 Å². The van der Waals surface area contributed by atoms with Gasteiger partial charge in [0.25, 0.3) is 5.69 Å². The normalized spacial score (nSPS) is 8.12. The van der Waals surface area contributed by atoms with Crippen molar-refractivity contribution in [2.45, 2.75) is 6.42 Å². The van der Waals surface area contributed by atoms with E-state index in [9.17, 15) is 10.1 Å². The van der Waals surface area contributed by atoms with Crippen molar-refractivity contribution >= 4 is 5.69 Å². The van der Waals surface area contributed by atoms with Gasteiger partial charge in [0.1, 0.15) is 5.56 Å². The summed E-state index contributed by atoms with van der Waals surface area (Å²) >= 11 is 0. The number of nitro groups is 1.